The number of carbonyl (C=O) groups excluding carboxylic acids is 1. The minimum absolute atomic E-state index is 0.0350. The molecule has 0 bridgehead atoms. The maximum Gasteiger partial charge on any atom is 0.317 e. The van der Waals surface area contributed by atoms with E-state index in [0.29, 0.717) is 0 Å². The Labute approximate surface area is 111 Å². The number of urea groups is 1. The third-order valence-electron chi connectivity index (χ3n) is 3.27. The summed E-state index contributed by atoms with van der Waals surface area (Å²) in [6, 6.07) is -1.16. The summed E-state index contributed by atoms with van der Waals surface area (Å²) in [6.45, 7) is 1.35. The fraction of sp³-hybridized carbons (Fsp3) is 0.818. The number of carboxylic acids is 1. The molecule has 2 unspecified atom stereocenters. The first-order valence-corrected chi connectivity index (χ1v) is 6.04. The van der Waals surface area contributed by atoms with Gasteiger partial charge in [-0.05, 0) is 6.92 Å². The molecule has 8 heteroatoms. The van der Waals surface area contributed by atoms with E-state index in [1.165, 1.54) is 11.8 Å². The number of hydrogen-bond donors (Lipinski definition) is 4. The summed E-state index contributed by atoms with van der Waals surface area (Å²) in [7, 11) is 0. The zero-order valence-corrected chi connectivity index (χ0v) is 10.8. The van der Waals surface area contributed by atoms with Gasteiger partial charge in [-0.3, -0.25) is 4.79 Å². The largest absolute Gasteiger partial charge is 0.481 e. The highest BCUT2D eigenvalue weighted by Gasteiger charge is 2.47. The number of carboxylic acid groups (broad SMARTS) is 1. The molecule has 1 aliphatic rings. The van der Waals surface area contributed by atoms with E-state index in [9.17, 15) is 14.7 Å². The van der Waals surface area contributed by atoms with Gasteiger partial charge in [-0.2, -0.15) is 0 Å². The normalized spacial score (nSPS) is 26.2. The lowest BCUT2D eigenvalue weighted by Gasteiger charge is -2.29. The number of carbonyl (C=O) groups is 2. The Bertz CT molecular complexity index is 331. The first kappa shape index (κ1) is 15.7. The van der Waals surface area contributed by atoms with E-state index in [4.69, 9.17) is 14.9 Å². The number of nitrogens with one attached hydrogen (secondary N) is 1. The molecule has 1 heterocycles. The summed E-state index contributed by atoms with van der Waals surface area (Å²) in [5, 5.41) is 29.4. The van der Waals surface area contributed by atoms with Crippen molar-refractivity contribution in [3.8, 4) is 0 Å². The highest BCUT2D eigenvalue weighted by Crippen LogP contribution is 2.28. The Balaban J connectivity index is 2.66. The molecule has 0 aliphatic carbocycles. The Hall–Kier alpha value is -1.38. The van der Waals surface area contributed by atoms with Crippen LogP contribution in [0.5, 0.6) is 0 Å². The summed E-state index contributed by atoms with van der Waals surface area (Å²) in [6.07, 6.45) is 0. The van der Waals surface area contributed by atoms with Crippen LogP contribution in [0.3, 0.4) is 0 Å². The number of hydrogen-bond acceptors (Lipinski definition) is 5. The summed E-state index contributed by atoms with van der Waals surface area (Å²) < 4.78 is 5.12. The standard InChI is InChI=1S/C11H20N2O6/c1-11(9(16)17)7-19-6-8(11)12-10(18)13(2-4-14)3-5-15/h8,14-15H,2-7H2,1H3,(H,12,18)(H,16,17). The molecule has 1 rings (SSSR count). The molecule has 1 saturated heterocycles. The lowest BCUT2D eigenvalue weighted by Crippen LogP contribution is -2.54. The molecule has 0 aromatic rings. The Kier molecular flexibility index (Phi) is 5.52. The van der Waals surface area contributed by atoms with Crippen molar-refractivity contribution in [2.75, 3.05) is 39.5 Å². The molecule has 19 heavy (non-hydrogen) atoms. The predicted molar refractivity (Wildman–Crippen MR) is 64.6 cm³/mol. The Morgan fingerprint density at radius 3 is 2.42 bits per heavy atom. The Morgan fingerprint density at radius 1 is 1.37 bits per heavy atom. The van der Waals surface area contributed by atoms with E-state index < -0.39 is 23.5 Å². The van der Waals surface area contributed by atoms with Crippen molar-refractivity contribution in [1.29, 1.82) is 0 Å². The van der Waals surface area contributed by atoms with Gasteiger partial charge in [0, 0.05) is 13.1 Å². The van der Waals surface area contributed by atoms with Crippen LogP contribution in [0.25, 0.3) is 0 Å². The number of aliphatic carboxylic acids is 1. The van der Waals surface area contributed by atoms with Crippen LogP contribution in [-0.4, -0.2) is 77.8 Å². The maximum atomic E-state index is 11.9. The smallest absolute Gasteiger partial charge is 0.317 e. The van der Waals surface area contributed by atoms with Crippen LogP contribution in [0.2, 0.25) is 0 Å². The van der Waals surface area contributed by atoms with Crippen molar-refractivity contribution in [2.24, 2.45) is 5.41 Å². The first-order valence-electron chi connectivity index (χ1n) is 6.04. The molecule has 0 saturated carbocycles. The van der Waals surface area contributed by atoms with E-state index >= 15 is 0 Å². The van der Waals surface area contributed by atoms with E-state index in [-0.39, 0.29) is 39.5 Å². The van der Waals surface area contributed by atoms with E-state index in [1.807, 2.05) is 0 Å². The van der Waals surface area contributed by atoms with Gasteiger partial charge < -0.3 is 30.3 Å². The van der Waals surface area contributed by atoms with Crippen molar-refractivity contribution in [1.82, 2.24) is 10.2 Å². The molecule has 8 nitrogen and oxygen atoms in total. The van der Waals surface area contributed by atoms with Crippen LogP contribution in [0.15, 0.2) is 0 Å². The molecule has 0 aromatic heterocycles. The molecule has 1 aliphatic heterocycles. The van der Waals surface area contributed by atoms with Gasteiger partial charge in [-0.1, -0.05) is 0 Å². The monoisotopic (exact) mass is 276 g/mol. The number of ether oxygens (including phenoxy) is 1. The van der Waals surface area contributed by atoms with Crippen LogP contribution in [0.1, 0.15) is 6.92 Å². The second-order valence-corrected chi connectivity index (χ2v) is 4.67. The predicted octanol–water partition coefficient (Wildman–Crippen LogP) is -1.53. The highest BCUT2D eigenvalue weighted by atomic mass is 16.5. The summed E-state index contributed by atoms with van der Waals surface area (Å²) in [5.74, 6) is -1.04. The summed E-state index contributed by atoms with van der Waals surface area (Å²) in [5.41, 5.74) is -1.17. The van der Waals surface area contributed by atoms with Crippen molar-refractivity contribution in [2.45, 2.75) is 13.0 Å². The summed E-state index contributed by atoms with van der Waals surface area (Å²) in [4.78, 5) is 24.4. The average molecular weight is 276 g/mol. The van der Waals surface area contributed by atoms with Crippen molar-refractivity contribution < 1.29 is 29.6 Å². The quantitative estimate of drug-likeness (QED) is 0.467. The fourth-order valence-electron chi connectivity index (χ4n) is 1.88. The molecule has 0 radical (unpaired) electrons. The van der Waals surface area contributed by atoms with Gasteiger partial charge in [-0.15, -0.1) is 0 Å². The van der Waals surface area contributed by atoms with Gasteiger partial charge in [0.25, 0.3) is 0 Å². The van der Waals surface area contributed by atoms with Gasteiger partial charge in [-0.25, -0.2) is 4.79 Å². The van der Waals surface area contributed by atoms with Crippen molar-refractivity contribution in [3.63, 3.8) is 0 Å². The molecule has 0 spiro atoms. The number of nitrogens with zero attached hydrogens (tertiary/aromatic N) is 1. The van der Waals surface area contributed by atoms with Crippen LogP contribution in [0.4, 0.5) is 4.79 Å². The van der Waals surface area contributed by atoms with Crippen molar-refractivity contribution >= 4 is 12.0 Å². The molecule has 2 atom stereocenters. The summed E-state index contributed by atoms with van der Waals surface area (Å²) >= 11 is 0. The zero-order valence-electron chi connectivity index (χ0n) is 10.8. The molecule has 4 N–H and O–H groups in total. The lowest BCUT2D eigenvalue weighted by molar-refractivity contribution is -0.148. The SMILES string of the molecule is CC1(C(=O)O)COCC1NC(=O)N(CCO)CCO. The molecule has 1 fully saturated rings. The van der Waals surface area contributed by atoms with Crippen LogP contribution in [-0.2, 0) is 9.53 Å². The van der Waals surface area contributed by atoms with Crippen LogP contribution >= 0.6 is 0 Å². The second kappa shape index (κ2) is 6.69. The number of amides is 2. The molecule has 110 valence electrons. The van der Waals surface area contributed by atoms with Gasteiger partial charge in [0.2, 0.25) is 0 Å². The maximum absolute atomic E-state index is 11.9. The van der Waals surface area contributed by atoms with Gasteiger partial charge >= 0.3 is 12.0 Å². The number of aliphatic hydroxyl groups is 2. The minimum Gasteiger partial charge on any atom is -0.481 e. The minimum atomic E-state index is -1.17. The molecular formula is C11H20N2O6. The van der Waals surface area contributed by atoms with Crippen LogP contribution in [0, 0.1) is 5.41 Å². The van der Waals surface area contributed by atoms with Crippen LogP contribution < -0.4 is 5.32 Å². The van der Waals surface area contributed by atoms with E-state index in [2.05, 4.69) is 5.32 Å². The van der Waals surface area contributed by atoms with Gasteiger partial charge in [0.15, 0.2) is 0 Å². The number of aliphatic hydroxyl groups excluding tert-OH is 2. The van der Waals surface area contributed by atoms with E-state index in [1.54, 1.807) is 0 Å². The second-order valence-electron chi connectivity index (χ2n) is 4.67. The molecule has 2 amide bonds. The third-order valence-corrected chi connectivity index (χ3v) is 3.27. The van der Waals surface area contributed by atoms with Gasteiger partial charge in [0.1, 0.15) is 5.41 Å². The Morgan fingerprint density at radius 2 is 1.95 bits per heavy atom. The zero-order chi connectivity index (χ0) is 14.5. The first-order chi connectivity index (χ1) is 8.95. The lowest BCUT2D eigenvalue weighted by atomic mass is 9.85. The average Bonchev–Trinajstić information content (AvgIpc) is 2.72. The molecule has 0 aromatic carbocycles. The van der Waals surface area contributed by atoms with Crippen molar-refractivity contribution in [3.05, 3.63) is 0 Å². The van der Waals surface area contributed by atoms with E-state index in [0.717, 1.165) is 0 Å². The van der Waals surface area contributed by atoms with Gasteiger partial charge in [0.05, 0.1) is 32.5 Å². The highest BCUT2D eigenvalue weighted by molar-refractivity contribution is 5.79. The molecular weight excluding hydrogens is 256 g/mol. The topological polar surface area (TPSA) is 119 Å². The number of rotatable bonds is 6. The third kappa shape index (κ3) is 3.55. The fourth-order valence-corrected chi connectivity index (χ4v) is 1.88.